The van der Waals surface area contributed by atoms with E-state index in [0.717, 1.165) is 16.3 Å². The van der Waals surface area contributed by atoms with Crippen molar-refractivity contribution in [3.8, 4) is 0 Å². The summed E-state index contributed by atoms with van der Waals surface area (Å²) < 4.78 is 19.3. The fourth-order valence-corrected chi connectivity index (χ4v) is 3.02. The van der Waals surface area contributed by atoms with Crippen LogP contribution < -0.4 is 5.32 Å². The highest BCUT2D eigenvalue weighted by Crippen LogP contribution is 2.19. The van der Waals surface area contributed by atoms with Gasteiger partial charge in [-0.15, -0.1) is 0 Å². The van der Waals surface area contributed by atoms with Crippen LogP contribution in [0.1, 0.15) is 29.8 Å². The topological polar surface area (TPSA) is 55.4 Å². The summed E-state index contributed by atoms with van der Waals surface area (Å²) in [6.45, 7) is 3.69. The number of rotatable bonds is 6. The number of esters is 1. The van der Waals surface area contributed by atoms with Crippen molar-refractivity contribution in [2.75, 3.05) is 0 Å². The molecule has 28 heavy (non-hydrogen) atoms. The number of carbonyl (C=O) groups excluding carboxylic acids is 2. The smallest absolute Gasteiger partial charge is 0.329 e. The molecule has 0 bridgehead atoms. The molecule has 0 heterocycles. The van der Waals surface area contributed by atoms with Gasteiger partial charge in [-0.2, -0.15) is 0 Å². The molecular formula is C23H22FNO3. The minimum Gasteiger partial charge on any atom is -0.459 e. The van der Waals surface area contributed by atoms with E-state index in [4.69, 9.17) is 4.74 Å². The van der Waals surface area contributed by atoms with Gasteiger partial charge in [-0.3, -0.25) is 4.79 Å². The fraction of sp³-hybridized carbons (Fsp3) is 0.217. The first-order valence-corrected chi connectivity index (χ1v) is 9.16. The molecule has 0 saturated heterocycles. The summed E-state index contributed by atoms with van der Waals surface area (Å²) in [5.41, 5.74) is 0.782. The van der Waals surface area contributed by atoms with Crippen LogP contribution in [0, 0.1) is 11.7 Å². The molecular weight excluding hydrogens is 357 g/mol. The predicted octanol–water partition coefficient (Wildman–Crippen LogP) is 4.48. The predicted molar refractivity (Wildman–Crippen MR) is 106 cm³/mol. The average molecular weight is 379 g/mol. The van der Waals surface area contributed by atoms with Gasteiger partial charge in [0.2, 0.25) is 0 Å². The van der Waals surface area contributed by atoms with Crippen molar-refractivity contribution in [1.82, 2.24) is 5.32 Å². The highest BCUT2D eigenvalue weighted by atomic mass is 19.1. The van der Waals surface area contributed by atoms with Crippen molar-refractivity contribution in [1.29, 1.82) is 0 Å². The van der Waals surface area contributed by atoms with E-state index in [1.54, 1.807) is 19.9 Å². The van der Waals surface area contributed by atoms with E-state index in [9.17, 15) is 14.0 Å². The molecule has 0 aliphatic carbocycles. The maximum absolute atomic E-state index is 13.8. The second-order valence-electron chi connectivity index (χ2n) is 6.92. The summed E-state index contributed by atoms with van der Waals surface area (Å²) >= 11 is 0. The Labute approximate surface area is 163 Å². The highest BCUT2D eigenvalue weighted by Gasteiger charge is 2.27. The molecule has 144 valence electrons. The summed E-state index contributed by atoms with van der Waals surface area (Å²) in [6, 6.07) is 18.4. The Morgan fingerprint density at radius 3 is 2.39 bits per heavy atom. The van der Waals surface area contributed by atoms with Crippen LogP contribution in [-0.4, -0.2) is 17.9 Å². The van der Waals surface area contributed by atoms with Gasteiger partial charge in [-0.25, -0.2) is 9.18 Å². The lowest BCUT2D eigenvalue weighted by atomic mass is 10.0. The molecule has 1 atom stereocenters. The zero-order valence-corrected chi connectivity index (χ0v) is 15.8. The number of hydrogen-bond donors (Lipinski definition) is 1. The van der Waals surface area contributed by atoms with Gasteiger partial charge in [0.1, 0.15) is 18.5 Å². The highest BCUT2D eigenvalue weighted by molar-refractivity contribution is 5.97. The van der Waals surface area contributed by atoms with E-state index >= 15 is 0 Å². The number of nitrogens with one attached hydrogen (secondary N) is 1. The summed E-state index contributed by atoms with van der Waals surface area (Å²) in [4.78, 5) is 25.0. The minimum absolute atomic E-state index is 0.0962. The number of fused-ring (bicyclic) bond motifs is 1. The second kappa shape index (κ2) is 8.65. The van der Waals surface area contributed by atoms with Crippen LogP contribution in [0.15, 0.2) is 66.7 Å². The third kappa shape index (κ3) is 4.36. The quantitative estimate of drug-likeness (QED) is 0.643. The van der Waals surface area contributed by atoms with Crippen molar-refractivity contribution < 1.29 is 18.7 Å². The van der Waals surface area contributed by atoms with Crippen LogP contribution in [0.5, 0.6) is 0 Å². The Morgan fingerprint density at radius 2 is 1.64 bits per heavy atom. The van der Waals surface area contributed by atoms with Gasteiger partial charge in [0.25, 0.3) is 5.91 Å². The van der Waals surface area contributed by atoms with Crippen molar-refractivity contribution in [2.24, 2.45) is 5.92 Å². The first kappa shape index (κ1) is 19.5. The van der Waals surface area contributed by atoms with Gasteiger partial charge < -0.3 is 10.1 Å². The molecule has 0 radical (unpaired) electrons. The third-order valence-electron chi connectivity index (χ3n) is 4.58. The number of halogens is 1. The third-order valence-corrected chi connectivity index (χ3v) is 4.58. The van der Waals surface area contributed by atoms with E-state index in [0.29, 0.717) is 0 Å². The zero-order valence-electron chi connectivity index (χ0n) is 15.8. The maximum atomic E-state index is 13.8. The molecule has 0 spiro atoms. The first-order chi connectivity index (χ1) is 13.5. The molecule has 3 aromatic carbocycles. The first-order valence-electron chi connectivity index (χ1n) is 9.16. The Hall–Kier alpha value is -3.21. The number of hydrogen-bond acceptors (Lipinski definition) is 3. The van der Waals surface area contributed by atoms with E-state index in [2.05, 4.69) is 5.32 Å². The van der Waals surface area contributed by atoms with Crippen molar-refractivity contribution in [2.45, 2.75) is 26.5 Å². The molecule has 0 saturated carbocycles. The lowest BCUT2D eigenvalue weighted by molar-refractivity contribution is -0.148. The molecule has 0 aliphatic heterocycles. The molecule has 0 aromatic heterocycles. The maximum Gasteiger partial charge on any atom is 0.329 e. The van der Waals surface area contributed by atoms with Crippen molar-refractivity contribution >= 4 is 22.6 Å². The molecule has 3 rings (SSSR count). The monoisotopic (exact) mass is 379 g/mol. The van der Waals surface area contributed by atoms with Crippen LogP contribution >= 0.6 is 0 Å². The number of amides is 1. The largest absolute Gasteiger partial charge is 0.459 e. The van der Waals surface area contributed by atoms with Gasteiger partial charge in [-0.1, -0.05) is 68.4 Å². The van der Waals surface area contributed by atoms with Crippen molar-refractivity contribution in [3.05, 3.63) is 83.7 Å². The SMILES string of the molecule is CC(C)[C@H](NC(=O)c1ccccc1F)C(=O)OCc1cccc2ccccc12. The normalized spacial score (nSPS) is 12.0. The lowest BCUT2D eigenvalue weighted by Gasteiger charge is -2.21. The van der Waals surface area contributed by atoms with Crippen LogP contribution in [0.25, 0.3) is 10.8 Å². The Bertz CT molecular complexity index is 995. The van der Waals surface area contributed by atoms with Crippen LogP contribution in [0.2, 0.25) is 0 Å². The van der Waals surface area contributed by atoms with E-state index in [1.807, 2.05) is 42.5 Å². The van der Waals surface area contributed by atoms with Gasteiger partial charge in [-0.05, 0) is 34.4 Å². The second-order valence-corrected chi connectivity index (χ2v) is 6.92. The van der Waals surface area contributed by atoms with Crippen LogP contribution in [0.3, 0.4) is 0 Å². The van der Waals surface area contributed by atoms with Gasteiger partial charge >= 0.3 is 5.97 Å². The molecule has 1 amide bonds. The number of ether oxygens (including phenoxy) is 1. The molecule has 1 N–H and O–H groups in total. The molecule has 0 unspecified atom stereocenters. The standard InChI is InChI=1S/C23H22FNO3/c1-15(2)21(25-22(26)19-12-5-6-13-20(19)24)23(27)28-14-17-10-7-9-16-8-3-4-11-18(16)17/h3-13,15,21H,14H2,1-2H3,(H,25,26)/t21-/m0/s1. The van der Waals surface area contributed by atoms with Gasteiger partial charge in [0, 0.05) is 0 Å². The molecule has 0 fully saturated rings. The zero-order chi connectivity index (χ0) is 20.1. The number of benzene rings is 3. The Morgan fingerprint density at radius 1 is 0.964 bits per heavy atom. The van der Waals surface area contributed by atoms with Crippen LogP contribution in [-0.2, 0) is 16.1 Å². The summed E-state index contributed by atoms with van der Waals surface area (Å²) in [7, 11) is 0. The van der Waals surface area contributed by atoms with Crippen LogP contribution in [0.4, 0.5) is 4.39 Å². The Balaban J connectivity index is 1.71. The lowest BCUT2D eigenvalue weighted by Crippen LogP contribution is -2.45. The summed E-state index contributed by atoms with van der Waals surface area (Å²) in [5, 5.41) is 4.66. The van der Waals surface area contributed by atoms with Gasteiger partial charge in [0.05, 0.1) is 5.56 Å². The van der Waals surface area contributed by atoms with E-state index in [-0.39, 0.29) is 18.1 Å². The minimum atomic E-state index is -0.873. The van der Waals surface area contributed by atoms with Crippen molar-refractivity contribution in [3.63, 3.8) is 0 Å². The molecule has 5 heteroatoms. The van der Waals surface area contributed by atoms with Gasteiger partial charge in [0.15, 0.2) is 0 Å². The van der Waals surface area contributed by atoms with E-state index < -0.39 is 23.7 Å². The van der Waals surface area contributed by atoms with E-state index in [1.165, 1.54) is 18.2 Å². The molecule has 0 aliphatic rings. The fourth-order valence-electron chi connectivity index (χ4n) is 3.02. The molecule has 4 nitrogen and oxygen atoms in total. The molecule has 3 aromatic rings. The summed E-state index contributed by atoms with van der Waals surface area (Å²) in [6.07, 6.45) is 0. The number of carbonyl (C=O) groups is 2. The summed E-state index contributed by atoms with van der Waals surface area (Å²) in [5.74, 6) is -2.03. The Kier molecular flexibility index (Phi) is 6.04. The average Bonchev–Trinajstić information content (AvgIpc) is 2.70.